The van der Waals surface area contributed by atoms with Crippen molar-refractivity contribution in [3.8, 4) is 17.2 Å². The van der Waals surface area contributed by atoms with Crippen LogP contribution in [0, 0.1) is 0 Å². The summed E-state index contributed by atoms with van der Waals surface area (Å²) in [5, 5.41) is 2.76. The molecule has 0 radical (unpaired) electrons. The van der Waals surface area contributed by atoms with Crippen LogP contribution in [-0.4, -0.2) is 52.0 Å². The van der Waals surface area contributed by atoms with Gasteiger partial charge in [-0.25, -0.2) is 0 Å². The molecule has 1 amide bonds. The summed E-state index contributed by atoms with van der Waals surface area (Å²) in [5.74, 6) is 1.73. The van der Waals surface area contributed by atoms with Crippen LogP contribution in [0.4, 0.5) is 5.69 Å². The third-order valence-corrected chi connectivity index (χ3v) is 4.01. The van der Waals surface area contributed by atoms with Crippen LogP contribution in [0.5, 0.6) is 17.2 Å². The molecular weight excluding hydrogens is 348 g/mol. The van der Waals surface area contributed by atoms with Crippen molar-refractivity contribution >= 4 is 17.9 Å². The predicted octanol–water partition coefficient (Wildman–Crippen LogP) is 2.60. The van der Waals surface area contributed by atoms with E-state index in [9.17, 15) is 9.59 Å². The highest BCUT2D eigenvalue weighted by molar-refractivity contribution is 5.97. The van der Waals surface area contributed by atoms with Gasteiger partial charge in [0.25, 0.3) is 0 Å². The van der Waals surface area contributed by atoms with Gasteiger partial charge in [-0.15, -0.1) is 0 Å². The van der Waals surface area contributed by atoms with E-state index in [1.54, 1.807) is 38.5 Å². The van der Waals surface area contributed by atoms with Gasteiger partial charge in [-0.1, -0.05) is 6.07 Å². The highest BCUT2D eigenvalue weighted by Crippen LogP contribution is 2.25. The highest BCUT2D eigenvalue weighted by Gasteiger charge is 2.13. The van der Waals surface area contributed by atoms with E-state index in [0.717, 1.165) is 5.56 Å². The average Bonchev–Trinajstić information content (AvgIpc) is 2.68. The topological polar surface area (TPSA) is 77.1 Å². The summed E-state index contributed by atoms with van der Waals surface area (Å²) in [6.45, 7) is 0.670. The summed E-state index contributed by atoms with van der Waals surface area (Å²) in [5.41, 5.74) is 1.75. The molecule has 0 spiro atoms. The van der Waals surface area contributed by atoms with Crippen LogP contribution < -0.4 is 19.5 Å². The van der Waals surface area contributed by atoms with Gasteiger partial charge in [-0.3, -0.25) is 14.5 Å². The normalized spacial score (nSPS) is 10.4. The Morgan fingerprint density at radius 2 is 1.70 bits per heavy atom. The molecular formula is C20H24N2O5. The maximum atomic E-state index is 12.3. The number of nitrogens with one attached hydrogen (secondary N) is 1. The fourth-order valence-corrected chi connectivity index (χ4v) is 2.64. The van der Waals surface area contributed by atoms with E-state index in [0.29, 0.717) is 41.3 Å². The first kappa shape index (κ1) is 20.3. The minimum Gasteiger partial charge on any atom is -0.497 e. The molecule has 144 valence electrons. The second kappa shape index (κ2) is 9.59. The van der Waals surface area contributed by atoms with Gasteiger partial charge in [0.2, 0.25) is 5.91 Å². The molecule has 27 heavy (non-hydrogen) atoms. The lowest BCUT2D eigenvalue weighted by Gasteiger charge is -2.19. The van der Waals surface area contributed by atoms with Crippen LogP contribution in [0.2, 0.25) is 0 Å². The number of likely N-dealkylation sites (N-methyl/N-ethyl adjacent to an activating group) is 1. The van der Waals surface area contributed by atoms with Crippen molar-refractivity contribution in [2.24, 2.45) is 0 Å². The Kier molecular flexibility index (Phi) is 7.19. The first-order chi connectivity index (χ1) is 13.0. The Hall–Kier alpha value is -3.06. The molecule has 0 aliphatic carbocycles. The Balaban J connectivity index is 2.01. The second-order valence-electron chi connectivity index (χ2n) is 5.97. The molecule has 0 fully saturated rings. The molecule has 1 N–H and O–H groups in total. The lowest BCUT2D eigenvalue weighted by molar-refractivity contribution is -0.117. The molecule has 7 nitrogen and oxygen atoms in total. The van der Waals surface area contributed by atoms with Crippen molar-refractivity contribution in [1.29, 1.82) is 0 Å². The van der Waals surface area contributed by atoms with E-state index in [-0.39, 0.29) is 12.5 Å². The fourth-order valence-electron chi connectivity index (χ4n) is 2.64. The molecule has 0 unspecified atom stereocenters. The number of methoxy groups -OCH3 is 3. The van der Waals surface area contributed by atoms with E-state index in [2.05, 4.69) is 5.32 Å². The summed E-state index contributed by atoms with van der Waals surface area (Å²) in [7, 11) is 6.54. The van der Waals surface area contributed by atoms with Crippen molar-refractivity contribution in [3.05, 3.63) is 47.5 Å². The Labute approximate surface area is 158 Å². The van der Waals surface area contributed by atoms with Gasteiger partial charge >= 0.3 is 0 Å². The number of carbonyl (C=O) groups is 2. The number of anilines is 1. The smallest absolute Gasteiger partial charge is 0.238 e. The summed E-state index contributed by atoms with van der Waals surface area (Å²) >= 11 is 0. The van der Waals surface area contributed by atoms with Crippen LogP contribution >= 0.6 is 0 Å². The van der Waals surface area contributed by atoms with Gasteiger partial charge < -0.3 is 19.5 Å². The van der Waals surface area contributed by atoms with Gasteiger partial charge in [0.05, 0.1) is 33.6 Å². The number of amides is 1. The maximum absolute atomic E-state index is 12.3. The maximum Gasteiger partial charge on any atom is 0.238 e. The Morgan fingerprint density at radius 3 is 2.33 bits per heavy atom. The van der Waals surface area contributed by atoms with Gasteiger partial charge in [0.1, 0.15) is 17.2 Å². The van der Waals surface area contributed by atoms with Crippen LogP contribution in [0.1, 0.15) is 15.9 Å². The molecule has 2 aromatic carbocycles. The number of rotatable bonds is 9. The van der Waals surface area contributed by atoms with Crippen LogP contribution in [-0.2, 0) is 11.3 Å². The predicted molar refractivity (Wildman–Crippen MR) is 103 cm³/mol. The molecule has 0 heterocycles. The van der Waals surface area contributed by atoms with Crippen molar-refractivity contribution in [3.63, 3.8) is 0 Å². The van der Waals surface area contributed by atoms with Gasteiger partial charge in [0, 0.05) is 23.7 Å². The zero-order valence-electron chi connectivity index (χ0n) is 15.9. The first-order valence-electron chi connectivity index (χ1n) is 8.33. The molecule has 7 heteroatoms. The highest BCUT2D eigenvalue weighted by atomic mass is 16.5. The van der Waals surface area contributed by atoms with Crippen molar-refractivity contribution in [1.82, 2.24) is 4.90 Å². The van der Waals surface area contributed by atoms with E-state index >= 15 is 0 Å². The minimum atomic E-state index is -0.224. The van der Waals surface area contributed by atoms with Crippen molar-refractivity contribution in [2.75, 3.05) is 40.2 Å². The molecule has 0 aliphatic heterocycles. The Bertz CT molecular complexity index is 807. The van der Waals surface area contributed by atoms with Crippen molar-refractivity contribution in [2.45, 2.75) is 6.54 Å². The lowest BCUT2D eigenvalue weighted by Crippen LogP contribution is -2.30. The molecule has 0 bridgehead atoms. The molecule has 0 saturated carbocycles. The number of nitrogens with zero attached hydrogens (tertiary/aromatic N) is 1. The third-order valence-electron chi connectivity index (χ3n) is 4.01. The lowest BCUT2D eigenvalue weighted by atomic mass is 10.1. The number of ether oxygens (including phenoxy) is 3. The number of hydrogen-bond donors (Lipinski definition) is 1. The average molecular weight is 372 g/mol. The largest absolute Gasteiger partial charge is 0.497 e. The Morgan fingerprint density at radius 1 is 1.04 bits per heavy atom. The van der Waals surface area contributed by atoms with Crippen LogP contribution in [0.25, 0.3) is 0 Å². The standard InChI is InChI=1S/C20H24N2O5/c1-22(11-14-5-6-17(26-3)10-19(14)27-4)12-20(24)21-18-8-7-16(25-2)9-15(18)13-23/h5-10,13H,11-12H2,1-4H3,(H,21,24). The zero-order valence-corrected chi connectivity index (χ0v) is 15.9. The zero-order chi connectivity index (χ0) is 19.8. The molecule has 2 aromatic rings. The van der Waals surface area contributed by atoms with E-state index < -0.39 is 0 Å². The molecule has 0 aliphatic rings. The summed E-state index contributed by atoms with van der Waals surface area (Å²) < 4.78 is 15.7. The summed E-state index contributed by atoms with van der Waals surface area (Å²) in [6.07, 6.45) is 0.685. The first-order valence-corrected chi connectivity index (χ1v) is 8.33. The van der Waals surface area contributed by atoms with E-state index in [1.165, 1.54) is 7.11 Å². The van der Waals surface area contributed by atoms with Gasteiger partial charge in [-0.2, -0.15) is 0 Å². The van der Waals surface area contributed by atoms with E-state index in [4.69, 9.17) is 14.2 Å². The molecule has 2 rings (SSSR count). The summed E-state index contributed by atoms with van der Waals surface area (Å²) in [6, 6.07) is 10.5. The molecule has 0 atom stereocenters. The third kappa shape index (κ3) is 5.46. The van der Waals surface area contributed by atoms with Crippen LogP contribution in [0.3, 0.4) is 0 Å². The monoisotopic (exact) mass is 372 g/mol. The number of hydrogen-bond acceptors (Lipinski definition) is 6. The minimum absolute atomic E-state index is 0.152. The summed E-state index contributed by atoms with van der Waals surface area (Å²) in [4.78, 5) is 25.4. The SMILES string of the molecule is COc1ccc(NC(=O)CN(C)Cc2ccc(OC)cc2OC)c(C=O)c1. The van der Waals surface area contributed by atoms with Gasteiger partial charge in [0.15, 0.2) is 6.29 Å². The molecule has 0 saturated heterocycles. The molecule has 0 aromatic heterocycles. The number of carbonyl (C=O) groups excluding carboxylic acids is 2. The number of benzene rings is 2. The van der Waals surface area contributed by atoms with Crippen LogP contribution in [0.15, 0.2) is 36.4 Å². The quantitative estimate of drug-likeness (QED) is 0.682. The number of aldehydes is 1. The van der Waals surface area contributed by atoms with Crippen molar-refractivity contribution < 1.29 is 23.8 Å². The van der Waals surface area contributed by atoms with E-state index in [1.807, 2.05) is 24.1 Å². The second-order valence-corrected chi connectivity index (χ2v) is 5.97. The fraction of sp³-hybridized carbons (Fsp3) is 0.300. The van der Waals surface area contributed by atoms with Gasteiger partial charge in [-0.05, 0) is 31.3 Å².